The van der Waals surface area contributed by atoms with Crippen LogP contribution in [0.15, 0.2) is 36.5 Å². The van der Waals surface area contributed by atoms with Crippen LogP contribution in [-0.2, 0) is 14.3 Å². The zero-order chi connectivity index (χ0) is 51.4. The van der Waals surface area contributed by atoms with E-state index in [-0.39, 0.29) is 18.5 Å². The Morgan fingerprint density at radius 3 is 1.00 bits per heavy atom. The van der Waals surface area contributed by atoms with Gasteiger partial charge in [0.15, 0.2) is 0 Å². The lowest BCUT2D eigenvalue weighted by atomic mass is 10.0. The first kappa shape index (κ1) is 69.1. The number of hydrogen-bond acceptors (Lipinski definition) is 5. The van der Waals surface area contributed by atoms with E-state index in [1.54, 1.807) is 6.08 Å². The number of hydrogen-bond donors (Lipinski definition) is 3. The third kappa shape index (κ3) is 57.2. The Morgan fingerprint density at radius 1 is 0.380 bits per heavy atom. The van der Waals surface area contributed by atoms with Crippen molar-refractivity contribution in [2.75, 3.05) is 13.2 Å². The maximum Gasteiger partial charge on any atom is 0.305 e. The van der Waals surface area contributed by atoms with E-state index in [4.69, 9.17) is 4.74 Å². The minimum Gasteiger partial charge on any atom is -0.466 e. The fraction of sp³-hybridized carbons (Fsp3) is 0.877. The van der Waals surface area contributed by atoms with Crippen LogP contribution in [0.25, 0.3) is 0 Å². The monoisotopic (exact) mass is 998 g/mol. The zero-order valence-electron chi connectivity index (χ0n) is 47.7. The number of esters is 1. The molecule has 0 aromatic heterocycles. The lowest BCUT2D eigenvalue weighted by Gasteiger charge is -2.20. The first-order chi connectivity index (χ1) is 35.0. The molecule has 0 bridgehead atoms. The number of aliphatic hydroxyl groups excluding tert-OH is 2. The van der Waals surface area contributed by atoms with Crippen LogP contribution in [0.2, 0.25) is 0 Å². The van der Waals surface area contributed by atoms with Gasteiger partial charge in [-0.15, -0.1) is 0 Å². The predicted molar refractivity (Wildman–Crippen MR) is 310 cm³/mol. The zero-order valence-corrected chi connectivity index (χ0v) is 47.7. The van der Waals surface area contributed by atoms with Gasteiger partial charge in [0.05, 0.1) is 25.4 Å². The summed E-state index contributed by atoms with van der Waals surface area (Å²) in [6.07, 6.45) is 76.1. The van der Waals surface area contributed by atoms with Crippen molar-refractivity contribution in [2.45, 2.75) is 353 Å². The van der Waals surface area contributed by atoms with Crippen molar-refractivity contribution < 1.29 is 24.5 Å². The van der Waals surface area contributed by atoms with E-state index in [9.17, 15) is 19.8 Å². The highest BCUT2D eigenvalue weighted by atomic mass is 16.5. The Kier molecular flexibility index (Phi) is 59.0. The third-order valence-corrected chi connectivity index (χ3v) is 14.6. The molecule has 0 aromatic carbocycles. The molecule has 0 aromatic rings. The van der Waals surface area contributed by atoms with Gasteiger partial charge < -0.3 is 20.3 Å². The van der Waals surface area contributed by atoms with Crippen LogP contribution >= 0.6 is 0 Å². The van der Waals surface area contributed by atoms with Gasteiger partial charge in [0.2, 0.25) is 5.91 Å². The second kappa shape index (κ2) is 60.6. The average Bonchev–Trinajstić information content (AvgIpc) is 3.37. The van der Waals surface area contributed by atoms with Crippen molar-refractivity contribution in [3.63, 3.8) is 0 Å². The van der Waals surface area contributed by atoms with Crippen LogP contribution in [0.3, 0.4) is 0 Å². The van der Waals surface area contributed by atoms with Crippen molar-refractivity contribution in [3.05, 3.63) is 36.5 Å². The molecular formula is C65H123NO5. The van der Waals surface area contributed by atoms with Gasteiger partial charge in [-0.2, -0.15) is 0 Å². The maximum atomic E-state index is 12.5. The summed E-state index contributed by atoms with van der Waals surface area (Å²) in [6, 6.07) is -0.635. The fourth-order valence-corrected chi connectivity index (χ4v) is 9.74. The number of unbranched alkanes of at least 4 members (excludes halogenated alkanes) is 44. The van der Waals surface area contributed by atoms with E-state index >= 15 is 0 Å². The summed E-state index contributed by atoms with van der Waals surface area (Å²) in [5.74, 6) is -0.0733. The second-order valence-electron chi connectivity index (χ2n) is 21.7. The first-order valence-corrected chi connectivity index (χ1v) is 31.8. The predicted octanol–water partition coefficient (Wildman–Crippen LogP) is 20.0. The van der Waals surface area contributed by atoms with Crippen LogP contribution in [-0.4, -0.2) is 47.4 Å². The quantitative estimate of drug-likeness (QED) is 0.0321. The van der Waals surface area contributed by atoms with Crippen molar-refractivity contribution in [3.8, 4) is 0 Å². The molecule has 0 aliphatic heterocycles. The first-order valence-electron chi connectivity index (χ1n) is 31.8. The molecule has 6 heteroatoms. The van der Waals surface area contributed by atoms with E-state index in [0.717, 1.165) is 51.4 Å². The van der Waals surface area contributed by atoms with E-state index in [1.165, 1.54) is 263 Å². The highest BCUT2D eigenvalue weighted by Gasteiger charge is 2.18. The summed E-state index contributed by atoms with van der Waals surface area (Å²) in [5.41, 5.74) is 0. The maximum absolute atomic E-state index is 12.5. The summed E-state index contributed by atoms with van der Waals surface area (Å²) in [7, 11) is 0. The Morgan fingerprint density at radius 2 is 0.662 bits per heavy atom. The molecule has 71 heavy (non-hydrogen) atoms. The molecule has 0 saturated heterocycles. The van der Waals surface area contributed by atoms with E-state index in [0.29, 0.717) is 19.4 Å². The third-order valence-electron chi connectivity index (χ3n) is 14.6. The molecule has 0 aliphatic rings. The molecule has 1 amide bonds. The molecule has 0 heterocycles. The summed E-state index contributed by atoms with van der Waals surface area (Å²) in [4.78, 5) is 24.6. The SMILES string of the molecule is CCCCCCCC/C=C\CCCCCCCCCCCC(=O)OCCCCCCCCCC/C=C\CCCCCCCCCC(=O)NC(CO)C(O)/C=C/CCCCCCCCCCCCCCCC. The smallest absolute Gasteiger partial charge is 0.305 e. The number of allylic oxidation sites excluding steroid dienone is 5. The van der Waals surface area contributed by atoms with Crippen molar-refractivity contribution in [1.29, 1.82) is 0 Å². The molecule has 0 saturated carbocycles. The number of carbonyl (C=O) groups is 2. The van der Waals surface area contributed by atoms with Crippen LogP contribution in [0, 0.1) is 0 Å². The number of aliphatic hydroxyl groups is 2. The molecule has 418 valence electrons. The number of rotatable bonds is 59. The van der Waals surface area contributed by atoms with Gasteiger partial charge in [-0.05, 0) is 83.5 Å². The number of ether oxygens (including phenoxy) is 1. The summed E-state index contributed by atoms with van der Waals surface area (Å²) in [5, 5.41) is 23.1. The second-order valence-corrected chi connectivity index (χ2v) is 21.7. The van der Waals surface area contributed by atoms with Gasteiger partial charge in [-0.3, -0.25) is 9.59 Å². The summed E-state index contributed by atoms with van der Waals surface area (Å²) < 4.78 is 5.49. The molecule has 3 N–H and O–H groups in total. The minimum atomic E-state index is -0.851. The van der Waals surface area contributed by atoms with Crippen molar-refractivity contribution >= 4 is 11.9 Å². The Balaban J connectivity index is 3.44. The van der Waals surface area contributed by atoms with Gasteiger partial charge in [0.1, 0.15) is 0 Å². The minimum absolute atomic E-state index is 0.00294. The summed E-state index contributed by atoms with van der Waals surface area (Å²) in [6.45, 7) is 4.90. The Labute approximate surface area is 443 Å². The van der Waals surface area contributed by atoms with Gasteiger partial charge in [-0.25, -0.2) is 0 Å². The van der Waals surface area contributed by atoms with E-state index in [2.05, 4.69) is 43.5 Å². The number of carbonyl (C=O) groups excluding carboxylic acids is 2. The molecule has 2 atom stereocenters. The van der Waals surface area contributed by atoms with Crippen LogP contribution in [0.5, 0.6) is 0 Å². The molecule has 2 unspecified atom stereocenters. The van der Waals surface area contributed by atoms with Crippen LogP contribution in [0.1, 0.15) is 341 Å². The largest absolute Gasteiger partial charge is 0.466 e. The Bertz CT molecular complexity index is 1150. The highest BCUT2D eigenvalue weighted by molar-refractivity contribution is 5.76. The van der Waals surface area contributed by atoms with E-state index in [1.807, 2.05) is 6.08 Å². The molecule has 0 radical (unpaired) electrons. The molecule has 6 nitrogen and oxygen atoms in total. The molecule has 0 fully saturated rings. The number of nitrogens with one attached hydrogen (secondary N) is 1. The topological polar surface area (TPSA) is 95.9 Å². The standard InChI is InChI=1S/C65H123NO5/c1-3-5-7-9-11-13-15-17-19-21-23-27-31-35-39-43-47-51-55-59-65(70)71-60-56-52-48-44-40-36-32-28-25-22-24-26-30-34-38-42-46-50-54-58-64(69)66-62(61-67)63(68)57-53-49-45-41-37-33-29-20-18-16-14-12-10-8-6-4-2/h17,19,22,24,53,57,62-63,67-68H,3-16,18,20-21,23,25-52,54-56,58-61H2,1-2H3,(H,66,69)/b19-17-,24-22-,57-53+. The van der Waals surface area contributed by atoms with E-state index < -0.39 is 12.1 Å². The normalized spacial score (nSPS) is 12.8. The molecule has 0 rings (SSSR count). The van der Waals surface area contributed by atoms with Crippen LogP contribution in [0.4, 0.5) is 0 Å². The van der Waals surface area contributed by atoms with Crippen LogP contribution < -0.4 is 5.32 Å². The number of amides is 1. The van der Waals surface area contributed by atoms with Crippen molar-refractivity contribution in [1.82, 2.24) is 5.32 Å². The summed E-state index contributed by atoms with van der Waals surface area (Å²) >= 11 is 0. The van der Waals surface area contributed by atoms with Gasteiger partial charge >= 0.3 is 5.97 Å². The fourth-order valence-electron chi connectivity index (χ4n) is 9.74. The average molecular weight is 999 g/mol. The highest BCUT2D eigenvalue weighted by Crippen LogP contribution is 2.17. The lowest BCUT2D eigenvalue weighted by molar-refractivity contribution is -0.143. The van der Waals surface area contributed by atoms with Crippen molar-refractivity contribution in [2.24, 2.45) is 0 Å². The molecule has 0 aliphatic carbocycles. The lowest BCUT2D eigenvalue weighted by Crippen LogP contribution is -2.45. The van der Waals surface area contributed by atoms with Gasteiger partial charge in [-0.1, -0.05) is 281 Å². The van der Waals surface area contributed by atoms with Gasteiger partial charge in [0.25, 0.3) is 0 Å². The molecular weight excluding hydrogens is 875 g/mol. The van der Waals surface area contributed by atoms with Gasteiger partial charge in [0, 0.05) is 12.8 Å². The Hall–Kier alpha value is -1.92. The molecule has 0 spiro atoms.